The molecule has 0 atom stereocenters. The number of esters is 1. The summed E-state index contributed by atoms with van der Waals surface area (Å²) in [6.45, 7) is 2.32. The van der Waals surface area contributed by atoms with Crippen molar-refractivity contribution in [2.45, 2.75) is 32.3 Å². The Balaban J connectivity index is 2.17. The fourth-order valence-corrected chi connectivity index (χ4v) is 1.72. The average Bonchev–Trinajstić information content (AvgIpc) is 2.26. The van der Waals surface area contributed by atoms with Crippen LogP contribution in [0, 0.1) is 0 Å². The Hall–Kier alpha value is -1.71. The quantitative estimate of drug-likeness (QED) is 0.643. The van der Waals surface area contributed by atoms with Crippen LogP contribution in [0.1, 0.15) is 36.5 Å². The molecule has 0 unspecified atom stereocenters. The van der Waals surface area contributed by atoms with Crippen molar-refractivity contribution in [2.75, 3.05) is 12.3 Å². The smallest absolute Gasteiger partial charge is 0.342 e. The van der Waals surface area contributed by atoms with Crippen LogP contribution in [-0.2, 0) is 4.74 Å². The maximum absolute atomic E-state index is 11.9. The van der Waals surface area contributed by atoms with Gasteiger partial charge in [-0.15, -0.1) is 0 Å². The Labute approximate surface area is 101 Å². The van der Waals surface area contributed by atoms with Gasteiger partial charge >= 0.3 is 5.97 Å². The summed E-state index contributed by atoms with van der Waals surface area (Å²) in [4.78, 5) is 11.9. The standard InChI is InChI=1S/C13H17NO3/c1-2-16-12-10(7-4-8-11(12)14)13(15)17-9-5-3-6-9/h4,7-9H,2-3,5-6,14H2,1H3. The van der Waals surface area contributed by atoms with Crippen LogP contribution in [-0.4, -0.2) is 18.7 Å². The van der Waals surface area contributed by atoms with E-state index < -0.39 is 0 Å². The van der Waals surface area contributed by atoms with Crippen LogP contribution in [0.15, 0.2) is 18.2 Å². The molecule has 2 N–H and O–H groups in total. The highest BCUT2D eigenvalue weighted by Crippen LogP contribution is 2.29. The van der Waals surface area contributed by atoms with Gasteiger partial charge in [0.1, 0.15) is 11.7 Å². The SMILES string of the molecule is CCOc1c(N)cccc1C(=O)OC1CCC1. The van der Waals surface area contributed by atoms with Crippen molar-refractivity contribution < 1.29 is 14.3 Å². The number of hydrogen-bond donors (Lipinski definition) is 1. The van der Waals surface area contributed by atoms with E-state index in [1.54, 1.807) is 18.2 Å². The number of carbonyl (C=O) groups is 1. The number of carbonyl (C=O) groups excluding carboxylic acids is 1. The van der Waals surface area contributed by atoms with E-state index in [1.807, 2.05) is 6.92 Å². The van der Waals surface area contributed by atoms with Gasteiger partial charge in [-0.05, 0) is 38.3 Å². The van der Waals surface area contributed by atoms with Gasteiger partial charge in [0, 0.05) is 0 Å². The van der Waals surface area contributed by atoms with E-state index in [-0.39, 0.29) is 12.1 Å². The summed E-state index contributed by atoms with van der Waals surface area (Å²) in [7, 11) is 0. The number of nitrogen functional groups attached to an aromatic ring is 1. The molecule has 1 saturated carbocycles. The molecule has 1 aromatic carbocycles. The second-order valence-electron chi connectivity index (χ2n) is 4.12. The third-order valence-electron chi connectivity index (χ3n) is 2.88. The van der Waals surface area contributed by atoms with Crippen LogP contribution < -0.4 is 10.5 Å². The highest BCUT2D eigenvalue weighted by atomic mass is 16.5. The first-order chi connectivity index (χ1) is 8.22. The molecule has 1 aliphatic rings. The van der Waals surface area contributed by atoms with E-state index in [1.165, 1.54) is 0 Å². The third kappa shape index (κ3) is 2.52. The summed E-state index contributed by atoms with van der Waals surface area (Å²) in [5.41, 5.74) is 6.67. The number of ether oxygens (including phenoxy) is 2. The van der Waals surface area contributed by atoms with Crippen LogP contribution in [0.2, 0.25) is 0 Å². The molecule has 1 aliphatic carbocycles. The number of rotatable bonds is 4. The molecule has 0 aromatic heterocycles. The second kappa shape index (κ2) is 5.08. The van der Waals surface area contributed by atoms with E-state index in [4.69, 9.17) is 15.2 Å². The number of anilines is 1. The van der Waals surface area contributed by atoms with Crippen molar-refractivity contribution in [2.24, 2.45) is 0 Å². The highest BCUT2D eigenvalue weighted by Gasteiger charge is 2.24. The summed E-state index contributed by atoms with van der Waals surface area (Å²) < 4.78 is 10.7. The normalized spacial score (nSPS) is 15.1. The molecule has 0 heterocycles. The maximum Gasteiger partial charge on any atom is 0.342 e. The molecule has 4 nitrogen and oxygen atoms in total. The Morgan fingerprint density at radius 2 is 2.24 bits per heavy atom. The van der Waals surface area contributed by atoms with Crippen molar-refractivity contribution in [1.82, 2.24) is 0 Å². The monoisotopic (exact) mass is 235 g/mol. The molecule has 0 radical (unpaired) electrons. The van der Waals surface area contributed by atoms with Gasteiger partial charge in [0.05, 0.1) is 12.3 Å². The minimum Gasteiger partial charge on any atom is -0.491 e. The number of para-hydroxylation sites is 1. The second-order valence-corrected chi connectivity index (χ2v) is 4.12. The molecule has 0 amide bonds. The minimum absolute atomic E-state index is 0.0680. The van der Waals surface area contributed by atoms with E-state index in [0.29, 0.717) is 23.6 Å². The van der Waals surface area contributed by atoms with Crippen LogP contribution in [0.5, 0.6) is 5.75 Å². The average molecular weight is 235 g/mol. The van der Waals surface area contributed by atoms with Crippen LogP contribution in [0.3, 0.4) is 0 Å². The minimum atomic E-state index is -0.342. The first-order valence-corrected chi connectivity index (χ1v) is 5.94. The maximum atomic E-state index is 11.9. The Morgan fingerprint density at radius 3 is 2.82 bits per heavy atom. The van der Waals surface area contributed by atoms with E-state index in [0.717, 1.165) is 19.3 Å². The van der Waals surface area contributed by atoms with Crippen molar-refractivity contribution in [3.63, 3.8) is 0 Å². The van der Waals surface area contributed by atoms with Crippen LogP contribution in [0.4, 0.5) is 5.69 Å². The molecule has 4 heteroatoms. The molecule has 0 spiro atoms. The summed E-state index contributed by atoms with van der Waals surface area (Å²) in [5, 5.41) is 0. The lowest BCUT2D eigenvalue weighted by molar-refractivity contribution is 0.00867. The van der Waals surface area contributed by atoms with Crippen molar-refractivity contribution >= 4 is 11.7 Å². The largest absolute Gasteiger partial charge is 0.491 e. The third-order valence-corrected chi connectivity index (χ3v) is 2.88. The molecule has 0 aliphatic heterocycles. The van der Waals surface area contributed by atoms with Crippen LogP contribution in [0.25, 0.3) is 0 Å². The Bertz CT molecular complexity index is 413. The van der Waals surface area contributed by atoms with E-state index >= 15 is 0 Å². The van der Waals surface area contributed by atoms with Gasteiger partial charge in [0.25, 0.3) is 0 Å². The van der Waals surface area contributed by atoms with Gasteiger partial charge in [-0.1, -0.05) is 6.07 Å². The summed E-state index contributed by atoms with van der Waals surface area (Å²) in [6.07, 6.45) is 3.11. The van der Waals surface area contributed by atoms with Gasteiger partial charge in [-0.3, -0.25) is 0 Å². The van der Waals surface area contributed by atoms with E-state index in [2.05, 4.69) is 0 Å². The molecule has 0 bridgehead atoms. The fraction of sp³-hybridized carbons (Fsp3) is 0.462. The number of nitrogens with two attached hydrogens (primary N) is 1. The summed E-state index contributed by atoms with van der Waals surface area (Å²) >= 11 is 0. The van der Waals surface area contributed by atoms with Crippen molar-refractivity contribution in [3.05, 3.63) is 23.8 Å². The van der Waals surface area contributed by atoms with Gasteiger partial charge in [-0.25, -0.2) is 4.79 Å². The van der Waals surface area contributed by atoms with Gasteiger partial charge in [-0.2, -0.15) is 0 Å². The molecule has 92 valence electrons. The Kier molecular flexibility index (Phi) is 3.52. The number of hydrogen-bond acceptors (Lipinski definition) is 4. The van der Waals surface area contributed by atoms with Gasteiger partial charge < -0.3 is 15.2 Å². The zero-order chi connectivity index (χ0) is 12.3. The molecular weight excluding hydrogens is 218 g/mol. The lowest BCUT2D eigenvalue weighted by atomic mass is 9.96. The van der Waals surface area contributed by atoms with Gasteiger partial charge in [0.2, 0.25) is 0 Å². The first kappa shape index (κ1) is 11.8. The molecule has 1 aromatic rings. The fourth-order valence-electron chi connectivity index (χ4n) is 1.72. The van der Waals surface area contributed by atoms with Crippen molar-refractivity contribution in [3.8, 4) is 5.75 Å². The molecule has 0 saturated heterocycles. The number of benzene rings is 1. The van der Waals surface area contributed by atoms with Crippen LogP contribution >= 0.6 is 0 Å². The molecule has 2 rings (SSSR count). The summed E-state index contributed by atoms with van der Waals surface area (Å²) in [5.74, 6) is 0.0878. The predicted octanol–water partition coefficient (Wildman–Crippen LogP) is 2.38. The molecule has 1 fully saturated rings. The lowest BCUT2D eigenvalue weighted by Crippen LogP contribution is -2.25. The highest BCUT2D eigenvalue weighted by molar-refractivity contribution is 5.94. The predicted molar refractivity (Wildman–Crippen MR) is 65.1 cm³/mol. The molecule has 17 heavy (non-hydrogen) atoms. The van der Waals surface area contributed by atoms with E-state index in [9.17, 15) is 4.79 Å². The van der Waals surface area contributed by atoms with Gasteiger partial charge in [0.15, 0.2) is 5.75 Å². The molecular formula is C13H17NO3. The lowest BCUT2D eigenvalue weighted by Gasteiger charge is -2.25. The summed E-state index contributed by atoms with van der Waals surface area (Å²) in [6, 6.07) is 5.13. The zero-order valence-electron chi connectivity index (χ0n) is 9.94. The Morgan fingerprint density at radius 1 is 1.47 bits per heavy atom. The zero-order valence-corrected chi connectivity index (χ0v) is 9.94. The topological polar surface area (TPSA) is 61.5 Å². The van der Waals surface area contributed by atoms with Crippen molar-refractivity contribution in [1.29, 1.82) is 0 Å². The first-order valence-electron chi connectivity index (χ1n) is 5.94.